The van der Waals surface area contributed by atoms with Gasteiger partial charge in [0.1, 0.15) is 0 Å². The standard InChI is InChI=1S/C8H10F2/c1-2-8(4-3-5-8)6-7(9)10/h1,7H,3-6H2. The lowest BCUT2D eigenvalue weighted by molar-refractivity contribution is 0.0601. The van der Waals surface area contributed by atoms with Gasteiger partial charge in [0.15, 0.2) is 0 Å². The topological polar surface area (TPSA) is 0 Å². The van der Waals surface area contributed by atoms with Crippen molar-refractivity contribution in [2.75, 3.05) is 0 Å². The van der Waals surface area contributed by atoms with Crippen molar-refractivity contribution in [3.63, 3.8) is 0 Å². The van der Waals surface area contributed by atoms with Gasteiger partial charge < -0.3 is 0 Å². The molecule has 0 bridgehead atoms. The van der Waals surface area contributed by atoms with E-state index in [1.165, 1.54) is 0 Å². The van der Waals surface area contributed by atoms with Crippen molar-refractivity contribution in [3.05, 3.63) is 0 Å². The Labute approximate surface area is 59.6 Å². The zero-order valence-corrected chi connectivity index (χ0v) is 5.74. The molecule has 1 aliphatic carbocycles. The van der Waals surface area contributed by atoms with E-state index in [9.17, 15) is 8.78 Å². The zero-order valence-electron chi connectivity index (χ0n) is 5.74. The highest BCUT2D eigenvalue weighted by Gasteiger charge is 2.37. The van der Waals surface area contributed by atoms with Crippen molar-refractivity contribution in [2.45, 2.75) is 32.1 Å². The summed E-state index contributed by atoms with van der Waals surface area (Å²) in [4.78, 5) is 0. The summed E-state index contributed by atoms with van der Waals surface area (Å²) < 4.78 is 23.7. The lowest BCUT2D eigenvalue weighted by atomic mass is 9.67. The van der Waals surface area contributed by atoms with E-state index in [4.69, 9.17) is 6.42 Å². The number of halogens is 2. The molecule has 0 saturated heterocycles. The summed E-state index contributed by atoms with van der Waals surface area (Å²) in [5.41, 5.74) is -0.436. The monoisotopic (exact) mass is 144 g/mol. The Kier molecular flexibility index (Phi) is 1.94. The third kappa shape index (κ3) is 1.29. The molecule has 2 heteroatoms. The van der Waals surface area contributed by atoms with Gasteiger partial charge in [0.05, 0.1) is 0 Å². The van der Waals surface area contributed by atoms with E-state index >= 15 is 0 Å². The molecule has 56 valence electrons. The van der Waals surface area contributed by atoms with Gasteiger partial charge in [-0.25, -0.2) is 8.78 Å². The van der Waals surface area contributed by atoms with Crippen LogP contribution in [0.2, 0.25) is 0 Å². The molecule has 0 aromatic heterocycles. The Balaban J connectivity index is 2.43. The van der Waals surface area contributed by atoms with Crippen LogP contribution in [0, 0.1) is 17.8 Å². The summed E-state index contributed by atoms with van der Waals surface area (Å²) in [5.74, 6) is 2.47. The molecule has 0 N–H and O–H groups in total. The minimum Gasteiger partial charge on any atom is -0.210 e. The summed E-state index contributed by atoms with van der Waals surface area (Å²) in [6.07, 6.45) is 5.37. The molecule has 0 heterocycles. The SMILES string of the molecule is C#CC1(CC(F)F)CCC1. The van der Waals surface area contributed by atoms with Gasteiger partial charge in [-0.1, -0.05) is 12.3 Å². The fourth-order valence-electron chi connectivity index (χ4n) is 1.31. The Morgan fingerprint density at radius 2 is 2.10 bits per heavy atom. The van der Waals surface area contributed by atoms with Crippen LogP contribution in [0.3, 0.4) is 0 Å². The average Bonchev–Trinajstić information content (AvgIpc) is 1.78. The molecule has 0 amide bonds. The third-order valence-corrected chi connectivity index (χ3v) is 2.16. The fraction of sp³-hybridized carbons (Fsp3) is 0.750. The normalized spacial score (nSPS) is 21.8. The van der Waals surface area contributed by atoms with E-state index in [1.54, 1.807) is 0 Å². The number of rotatable bonds is 2. The van der Waals surface area contributed by atoms with E-state index in [1.807, 2.05) is 0 Å². The smallest absolute Gasteiger partial charge is 0.210 e. The van der Waals surface area contributed by atoms with Gasteiger partial charge >= 0.3 is 0 Å². The molecule has 0 radical (unpaired) electrons. The fourth-order valence-corrected chi connectivity index (χ4v) is 1.31. The van der Waals surface area contributed by atoms with Crippen LogP contribution in [0.5, 0.6) is 0 Å². The second-order valence-electron chi connectivity index (χ2n) is 2.87. The first kappa shape index (κ1) is 7.53. The van der Waals surface area contributed by atoms with Crippen LogP contribution in [0.25, 0.3) is 0 Å². The first-order chi connectivity index (χ1) is 4.68. The van der Waals surface area contributed by atoms with Crippen molar-refractivity contribution in [1.29, 1.82) is 0 Å². The Hall–Kier alpha value is -0.580. The Morgan fingerprint density at radius 3 is 2.20 bits per heavy atom. The molecule has 1 fully saturated rings. The molecule has 0 aliphatic heterocycles. The van der Waals surface area contributed by atoms with Crippen LogP contribution < -0.4 is 0 Å². The number of hydrogen-bond acceptors (Lipinski definition) is 0. The highest BCUT2D eigenvalue weighted by Crippen LogP contribution is 2.44. The molecule has 0 atom stereocenters. The lowest BCUT2D eigenvalue weighted by Gasteiger charge is -2.36. The summed E-state index contributed by atoms with van der Waals surface area (Å²) in [6, 6.07) is 0. The number of alkyl halides is 2. The van der Waals surface area contributed by atoms with Crippen molar-refractivity contribution >= 4 is 0 Å². The summed E-state index contributed by atoms with van der Waals surface area (Å²) in [5, 5.41) is 0. The first-order valence-corrected chi connectivity index (χ1v) is 3.44. The van der Waals surface area contributed by atoms with Gasteiger partial charge in [-0.2, -0.15) is 0 Å². The zero-order chi connectivity index (χ0) is 7.61. The molecular weight excluding hydrogens is 134 g/mol. The molecular formula is C8H10F2. The predicted molar refractivity (Wildman–Crippen MR) is 35.7 cm³/mol. The molecule has 0 unspecified atom stereocenters. The van der Waals surface area contributed by atoms with Crippen molar-refractivity contribution in [3.8, 4) is 12.3 Å². The largest absolute Gasteiger partial charge is 0.240 e. The molecule has 0 spiro atoms. The Bertz CT molecular complexity index is 151. The maximum atomic E-state index is 11.8. The van der Waals surface area contributed by atoms with E-state index in [0.29, 0.717) is 0 Å². The van der Waals surface area contributed by atoms with Crippen molar-refractivity contribution < 1.29 is 8.78 Å². The lowest BCUT2D eigenvalue weighted by Crippen LogP contribution is -2.29. The van der Waals surface area contributed by atoms with Crippen molar-refractivity contribution in [1.82, 2.24) is 0 Å². The van der Waals surface area contributed by atoms with Crippen molar-refractivity contribution in [2.24, 2.45) is 5.41 Å². The van der Waals surface area contributed by atoms with E-state index in [0.717, 1.165) is 19.3 Å². The van der Waals surface area contributed by atoms with Crippen LogP contribution in [0.1, 0.15) is 25.7 Å². The molecule has 0 nitrogen and oxygen atoms in total. The van der Waals surface area contributed by atoms with E-state index in [2.05, 4.69) is 5.92 Å². The molecule has 10 heavy (non-hydrogen) atoms. The molecule has 1 aliphatic rings. The van der Waals surface area contributed by atoms with Gasteiger partial charge in [0, 0.05) is 11.8 Å². The van der Waals surface area contributed by atoms with Crippen LogP contribution in [-0.4, -0.2) is 6.43 Å². The minimum atomic E-state index is -2.24. The quantitative estimate of drug-likeness (QED) is 0.522. The van der Waals surface area contributed by atoms with Gasteiger partial charge in [-0.15, -0.1) is 6.42 Å². The summed E-state index contributed by atoms with van der Waals surface area (Å²) in [6.45, 7) is 0. The highest BCUT2D eigenvalue weighted by atomic mass is 19.3. The second kappa shape index (κ2) is 2.57. The molecule has 0 aromatic rings. The van der Waals surface area contributed by atoms with Crippen LogP contribution in [0.15, 0.2) is 0 Å². The minimum absolute atomic E-state index is 0.108. The number of hydrogen-bond donors (Lipinski definition) is 0. The van der Waals surface area contributed by atoms with Gasteiger partial charge in [-0.3, -0.25) is 0 Å². The van der Waals surface area contributed by atoms with Gasteiger partial charge in [0.25, 0.3) is 0 Å². The van der Waals surface area contributed by atoms with E-state index < -0.39 is 11.8 Å². The highest BCUT2D eigenvalue weighted by molar-refractivity contribution is 5.10. The van der Waals surface area contributed by atoms with E-state index in [-0.39, 0.29) is 6.42 Å². The van der Waals surface area contributed by atoms with Gasteiger partial charge in [-0.05, 0) is 12.8 Å². The predicted octanol–water partition coefficient (Wildman–Crippen LogP) is 2.45. The summed E-state index contributed by atoms with van der Waals surface area (Å²) >= 11 is 0. The maximum Gasteiger partial charge on any atom is 0.240 e. The van der Waals surface area contributed by atoms with Crippen LogP contribution in [0.4, 0.5) is 8.78 Å². The summed E-state index contributed by atoms with van der Waals surface area (Å²) in [7, 11) is 0. The third-order valence-electron chi connectivity index (χ3n) is 2.16. The Morgan fingerprint density at radius 1 is 1.50 bits per heavy atom. The first-order valence-electron chi connectivity index (χ1n) is 3.44. The van der Waals surface area contributed by atoms with Gasteiger partial charge in [0.2, 0.25) is 6.43 Å². The number of terminal acetylenes is 1. The van der Waals surface area contributed by atoms with Crippen LogP contribution >= 0.6 is 0 Å². The molecule has 1 saturated carbocycles. The van der Waals surface area contributed by atoms with Crippen LogP contribution in [-0.2, 0) is 0 Å². The molecule has 1 rings (SSSR count). The molecule has 0 aromatic carbocycles. The second-order valence-corrected chi connectivity index (χ2v) is 2.87. The average molecular weight is 144 g/mol. The maximum absolute atomic E-state index is 11.8.